The van der Waals surface area contributed by atoms with Crippen molar-refractivity contribution in [1.29, 1.82) is 0 Å². The van der Waals surface area contributed by atoms with Crippen LogP contribution >= 0.6 is 0 Å². The van der Waals surface area contributed by atoms with Gasteiger partial charge in [-0.25, -0.2) is 0 Å². The molecule has 0 radical (unpaired) electrons. The standard InChI is InChI=1S/C27H38O2/c1-4-5-6-10-17-27(2,3)23-14-16-25(22-13-15-24(28)18-22)26(19-23)29-20-21-11-8-7-9-12-21/h7-9,11-12,14,16,19,22,24,28H,4-6,10,13,15,17-18,20H2,1-3H3/t22-,24-/m0/s1. The van der Waals surface area contributed by atoms with Crippen LogP contribution in [0.15, 0.2) is 48.5 Å². The Balaban J connectivity index is 1.79. The van der Waals surface area contributed by atoms with Crippen molar-refractivity contribution in [2.75, 3.05) is 0 Å². The molecule has 1 aliphatic carbocycles. The SMILES string of the molecule is CCCCCCC(C)(C)c1ccc([C@H]2CC[C@H](O)C2)c(OCc2ccccc2)c1. The molecule has 0 unspecified atom stereocenters. The van der Waals surface area contributed by atoms with Crippen molar-refractivity contribution < 1.29 is 9.84 Å². The van der Waals surface area contributed by atoms with Crippen molar-refractivity contribution in [3.63, 3.8) is 0 Å². The molecule has 2 aromatic rings. The van der Waals surface area contributed by atoms with Gasteiger partial charge in [0.2, 0.25) is 0 Å². The van der Waals surface area contributed by atoms with Crippen LogP contribution in [0, 0.1) is 0 Å². The predicted octanol–water partition coefficient (Wildman–Crippen LogP) is 7.14. The number of aliphatic hydroxyl groups is 1. The molecule has 2 atom stereocenters. The van der Waals surface area contributed by atoms with E-state index in [-0.39, 0.29) is 11.5 Å². The van der Waals surface area contributed by atoms with Crippen LogP contribution in [0.5, 0.6) is 5.75 Å². The molecule has 0 spiro atoms. The molecule has 0 saturated heterocycles. The summed E-state index contributed by atoms with van der Waals surface area (Å²) in [7, 11) is 0. The number of rotatable bonds is 10. The van der Waals surface area contributed by atoms with Crippen LogP contribution in [-0.2, 0) is 12.0 Å². The van der Waals surface area contributed by atoms with Crippen molar-refractivity contribution in [1.82, 2.24) is 0 Å². The van der Waals surface area contributed by atoms with E-state index in [9.17, 15) is 5.11 Å². The second-order valence-electron chi connectivity index (χ2n) is 9.39. The topological polar surface area (TPSA) is 29.5 Å². The van der Waals surface area contributed by atoms with Crippen LogP contribution in [0.4, 0.5) is 0 Å². The van der Waals surface area contributed by atoms with Gasteiger partial charge in [0.15, 0.2) is 0 Å². The summed E-state index contributed by atoms with van der Waals surface area (Å²) in [5, 5.41) is 10.0. The van der Waals surface area contributed by atoms with Crippen LogP contribution < -0.4 is 4.74 Å². The number of unbranched alkanes of at least 4 members (excludes halogenated alkanes) is 3. The fraction of sp³-hybridized carbons (Fsp3) is 0.556. The summed E-state index contributed by atoms with van der Waals surface area (Å²) >= 11 is 0. The largest absolute Gasteiger partial charge is 0.489 e. The van der Waals surface area contributed by atoms with Gasteiger partial charge in [0, 0.05) is 0 Å². The summed E-state index contributed by atoms with van der Waals surface area (Å²) in [6.07, 6.45) is 9.01. The molecule has 0 amide bonds. The van der Waals surface area contributed by atoms with Crippen molar-refractivity contribution in [2.24, 2.45) is 0 Å². The Kier molecular flexibility index (Phi) is 7.77. The lowest BCUT2D eigenvalue weighted by Gasteiger charge is -2.27. The summed E-state index contributed by atoms with van der Waals surface area (Å²) in [4.78, 5) is 0. The maximum Gasteiger partial charge on any atom is 0.123 e. The number of hydrogen-bond acceptors (Lipinski definition) is 2. The van der Waals surface area contributed by atoms with E-state index in [1.807, 2.05) is 6.07 Å². The quantitative estimate of drug-likeness (QED) is 0.434. The summed E-state index contributed by atoms with van der Waals surface area (Å²) in [5.74, 6) is 1.41. The van der Waals surface area contributed by atoms with Crippen molar-refractivity contribution in [2.45, 2.75) is 96.2 Å². The Morgan fingerprint density at radius 3 is 2.48 bits per heavy atom. The third kappa shape index (κ3) is 6.09. The van der Waals surface area contributed by atoms with E-state index in [2.05, 4.69) is 63.2 Å². The van der Waals surface area contributed by atoms with E-state index in [4.69, 9.17) is 4.74 Å². The Hall–Kier alpha value is -1.80. The van der Waals surface area contributed by atoms with E-state index < -0.39 is 0 Å². The minimum Gasteiger partial charge on any atom is -0.489 e. The van der Waals surface area contributed by atoms with Crippen LogP contribution in [0.3, 0.4) is 0 Å². The lowest BCUT2D eigenvalue weighted by atomic mass is 9.79. The first-order valence-corrected chi connectivity index (χ1v) is 11.5. The van der Waals surface area contributed by atoms with Crippen LogP contribution in [0.25, 0.3) is 0 Å². The van der Waals surface area contributed by atoms with Gasteiger partial charge >= 0.3 is 0 Å². The van der Waals surface area contributed by atoms with E-state index in [1.54, 1.807) is 0 Å². The van der Waals surface area contributed by atoms with E-state index in [0.29, 0.717) is 12.5 Å². The van der Waals surface area contributed by atoms with Gasteiger partial charge in [-0.05, 0) is 59.8 Å². The van der Waals surface area contributed by atoms with Crippen molar-refractivity contribution >= 4 is 0 Å². The Morgan fingerprint density at radius 1 is 1.00 bits per heavy atom. The molecule has 0 aromatic heterocycles. The van der Waals surface area contributed by atoms with Gasteiger partial charge < -0.3 is 9.84 Å². The molecular weight excluding hydrogens is 356 g/mol. The first kappa shape index (κ1) is 21.9. The third-order valence-corrected chi connectivity index (χ3v) is 6.53. The number of ether oxygens (including phenoxy) is 1. The summed E-state index contributed by atoms with van der Waals surface area (Å²) < 4.78 is 6.37. The smallest absolute Gasteiger partial charge is 0.123 e. The molecule has 1 fully saturated rings. The highest BCUT2D eigenvalue weighted by molar-refractivity contribution is 5.43. The lowest BCUT2D eigenvalue weighted by molar-refractivity contribution is 0.181. The van der Waals surface area contributed by atoms with Gasteiger partial charge in [-0.2, -0.15) is 0 Å². The second kappa shape index (κ2) is 10.3. The molecule has 1 N–H and O–H groups in total. The zero-order valence-electron chi connectivity index (χ0n) is 18.5. The zero-order valence-corrected chi connectivity index (χ0v) is 18.5. The van der Waals surface area contributed by atoms with Gasteiger partial charge in [-0.3, -0.25) is 0 Å². The Bertz CT molecular complexity index is 750. The van der Waals surface area contributed by atoms with Gasteiger partial charge in [-0.15, -0.1) is 0 Å². The molecule has 29 heavy (non-hydrogen) atoms. The molecule has 0 aliphatic heterocycles. The normalized spacial score (nSPS) is 19.4. The third-order valence-electron chi connectivity index (χ3n) is 6.53. The second-order valence-corrected chi connectivity index (χ2v) is 9.39. The van der Waals surface area contributed by atoms with Gasteiger partial charge in [0.05, 0.1) is 6.10 Å². The molecule has 0 bridgehead atoms. The molecule has 0 heterocycles. The predicted molar refractivity (Wildman–Crippen MR) is 122 cm³/mol. The van der Waals surface area contributed by atoms with E-state index >= 15 is 0 Å². The minimum atomic E-state index is -0.170. The maximum absolute atomic E-state index is 10.0. The number of benzene rings is 2. The highest BCUT2D eigenvalue weighted by atomic mass is 16.5. The lowest BCUT2D eigenvalue weighted by Crippen LogP contribution is -2.17. The molecule has 2 nitrogen and oxygen atoms in total. The number of aliphatic hydroxyl groups excluding tert-OH is 1. The molecule has 2 heteroatoms. The van der Waals surface area contributed by atoms with Crippen molar-refractivity contribution in [3.8, 4) is 5.75 Å². The summed E-state index contributed by atoms with van der Waals surface area (Å²) in [6.45, 7) is 7.56. The Labute approximate surface area is 177 Å². The van der Waals surface area contributed by atoms with Gasteiger partial charge in [-0.1, -0.05) is 88.9 Å². The fourth-order valence-electron chi connectivity index (χ4n) is 4.53. The summed E-state index contributed by atoms with van der Waals surface area (Å²) in [6, 6.07) is 17.2. The zero-order chi connectivity index (χ0) is 20.7. The maximum atomic E-state index is 10.0. The summed E-state index contributed by atoms with van der Waals surface area (Å²) in [5.41, 5.74) is 3.96. The van der Waals surface area contributed by atoms with Crippen LogP contribution in [-0.4, -0.2) is 11.2 Å². The van der Waals surface area contributed by atoms with Crippen LogP contribution in [0.1, 0.15) is 94.7 Å². The fourth-order valence-corrected chi connectivity index (χ4v) is 4.53. The molecule has 158 valence electrons. The van der Waals surface area contributed by atoms with Gasteiger partial charge in [0.25, 0.3) is 0 Å². The average molecular weight is 395 g/mol. The first-order chi connectivity index (χ1) is 14.0. The minimum absolute atomic E-state index is 0.145. The van der Waals surface area contributed by atoms with E-state index in [1.165, 1.54) is 48.8 Å². The van der Waals surface area contributed by atoms with Crippen molar-refractivity contribution in [3.05, 3.63) is 65.2 Å². The average Bonchev–Trinajstić information content (AvgIpc) is 3.16. The molecule has 3 rings (SSSR count). The first-order valence-electron chi connectivity index (χ1n) is 11.5. The Morgan fingerprint density at radius 2 is 1.79 bits per heavy atom. The molecule has 1 aliphatic rings. The van der Waals surface area contributed by atoms with E-state index in [0.717, 1.165) is 25.0 Å². The monoisotopic (exact) mass is 394 g/mol. The number of hydrogen-bond donors (Lipinski definition) is 1. The highest BCUT2D eigenvalue weighted by Gasteiger charge is 2.28. The van der Waals surface area contributed by atoms with Crippen LogP contribution in [0.2, 0.25) is 0 Å². The highest BCUT2D eigenvalue weighted by Crippen LogP contribution is 2.41. The molecule has 2 aromatic carbocycles. The van der Waals surface area contributed by atoms with Gasteiger partial charge in [0.1, 0.15) is 12.4 Å². The molecular formula is C27H38O2. The molecule has 1 saturated carbocycles.